The van der Waals surface area contributed by atoms with Gasteiger partial charge in [-0.05, 0) is 79.4 Å². The molecule has 1 rings (SSSR count). The van der Waals surface area contributed by atoms with Crippen LogP contribution >= 0.6 is 12.2 Å². The molecule has 1 N–H and O–H groups in total. The average Bonchev–Trinajstić information content (AvgIpc) is 2.64. The van der Waals surface area contributed by atoms with Crippen molar-refractivity contribution in [3.63, 3.8) is 0 Å². The van der Waals surface area contributed by atoms with Gasteiger partial charge in [0.05, 0.1) is 11.3 Å². The van der Waals surface area contributed by atoms with E-state index in [2.05, 4.69) is 11.9 Å². The fraction of sp³-hybridized carbons (Fsp3) is 0.522. The fourth-order valence-corrected chi connectivity index (χ4v) is 3.79. The van der Waals surface area contributed by atoms with E-state index in [-0.39, 0.29) is 22.3 Å². The number of carbonyl (C=O) groups is 2. The second kappa shape index (κ2) is 11.2. The van der Waals surface area contributed by atoms with Crippen molar-refractivity contribution >= 4 is 39.4 Å². The van der Waals surface area contributed by atoms with Gasteiger partial charge in [-0.1, -0.05) is 17.7 Å². The molecule has 0 radical (unpaired) electrons. The summed E-state index contributed by atoms with van der Waals surface area (Å²) in [6.45, 7) is 15.6. The molecule has 1 aromatic carbocycles. The first-order valence-corrected chi connectivity index (χ1v) is 12.3. The number of esters is 1. The maximum Gasteiger partial charge on any atom is 0.408 e. The molecule has 11 heteroatoms. The first-order valence-electron chi connectivity index (χ1n) is 10.5. The van der Waals surface area contributed by atoms with Gasteiger partial charge in [-0.2, -0.15) is 0 Å². The third kappa shape index (κ3) is 9.68. The summed E-state index contributed by atoms with van der Waals surface area (Å²) in [7, 11) is -2.72. The number of hydrogen-bond acceptors (Lipinski definition) is 8. The topological polar surface area (TPSA) is 111 Å². The number of sulfonamides is 1. The van der Waals surface area contributed by atoms with Crippen molar-refractivity contribution in [3.8, 4) is 0 Å². The number of nitrogens with one attached hydrogen (secondary N) is 1. The largest absolute Gasteiger partial charge is 0.460 e. The van der Waals surface area contributed by atoms with Crippen molar-refractivity contribution in [1.29, 1.82) is 0 Å². The van der Waals surface area contributed by atoms with Crippen LogP contribution in [0, 0.1) is 6.92 Å². The number of rotatable bonds is 8. The molecule has 1 aromatic rings. The Bertz CT molecular complexity index is 991. The Morgan fingerprint density at radius 2 is 1.56 bits per heavy atom. The Morgan fingerprint density at radius 1 is 1.06 bits per heavy atom. The van der Waals surface area contributed by atoms with Crippen molar-refractivity contribution < 1.29 is 32.2 Å². The van der Waals surface area contributed by atoms with E-state index in [4.69, 9.17) is 26.4 Å². The molecule has 0 heterocycles. The highest BCUT2D eigenvalue weighted by molar-refractivity contribution is 7.89. The molecular weight excluding hydrogens is 480 g/mol. The second-order valence-corrected chi connectivity index (χ2v) is 12.0. The van der Waals surface area contributed by atoms with Crippen LogP contribution in [0.3, 0.4) is 0 Å². The monoisotopic (exact) mass is 514 g/mol. The van der Waals surface area contributed by atoms with Gasteiger partial charge in [0, 0.05) is 7.05 Å². The Hall–Kier alpha value is -2.66. The number of alkyl carbamates (subject to hydrolysis) is 1. The van der Waals surface area contributed by atoms with Crippen LogP contribution in [0.1, 0.15) is 53.5 Å². The normalized spacial score (nSPS) is 12.8. The number of benzene rings is 1. The SMILES string of the molecule is C=C(OC(=S)C(CC(=O)OC(C)(C)C)NC(=O)OC(C)(C)C)N(C)S(=O)(=O)c1ccc(C)cc1. The number of thiocarbonyl (C=S) groups is 1. The van der Waals surface area contributed by atoms with Crippen molar-refractivity contribution in [2.45, 2.75) is 77.0 Å². The van der Waals surface area contributed by atoms with Crippen LogP contribution in [0.2, 0.25) is 0 Å². The molecule has 0 aromatic heterocycles. The van der Waals surface area contributed by atoms with Crippen molar-refractivity contribution in [2.75, 3.05) is 7.05 Å². The summed E-state index contributed by atoms with van der Waals surface area (Å²) in [5, 5.41) is 2.19. The van der Waals surface area contributed by atoms with Gasteiger partial charge in [-0.25, -0.2) is 17.5 Å². The average molecular weight is 515 g/mol. The first kappa shape index (κ1) is 29.4. The van der Waals surface area contributed by atoms with Crippen LogP contribution in [-0.4, -0.2) is 54.1 Å². The standard InChI is InChI=1S/C23H34N2O7S2/c1-15-10-12-17(13-11-15)34(28,29)25(9)16(2)30-20(33)18(14-19(26)31-22(3,4)5)24-21(27)32-23(6,7)8/h10-13,18H,2,14H2,1,3-9H3,(H,24,27). The summed E-state index contributed by atoms with van der Waals surface area (Å²) in [4.78, 5) is 24.7. The van der Waals surface area contributed by atoms with Crippen LogP contribution in [0.4, 0.5) is 4.79 Å². The highest BCUT2D eigenvalue weighted by Gasteiger charge is 2.30. The van der Waals surface area contributed by atoms with Crippen LogP contribution in [0.5, 0.6) is 0 Å². The zero-order valence-electron chi connectivity index (χ0n) is 20.9. The van der Waals surface area contributed by atoms with Crippen LogP contribution < -0.4 is 5.32 Å². The van der Waals surface area contributed by atoms with Gasteiger partial charge in [0.2, 0.25) is 5.88 Å². The number of amides is 1. The third-order valence-corrected chi connectivity index (χ3v) is 6.18. The van der Waals surface area contributed by atoms with Crippen molar-refractivity contribution in [1.82, 2.24) is 9.62 Å². The highest BCUT2D eigenvalue weighted by Crippen LogP contribution is 2.20. The molecule has 9 nitrogen and oxygen atoms in total. The van der Waals surface area contributed by atoms with E-state index in [1.165, 1.54) is 19.2 Å². The van der Waals surface area contributed by atoms with Crippen LogP contribution in [0.25, 0.3) is 0 Å². The molecule has 0 aliphatic carbocycles. The fourth-order valence-electron chi connectivity index (χ4n) is 2.45. The van der Waals surface area contributed by atoms with Gasteiger partial charge >= 0.3 is 12.1 Å². The molecule has 0 spiro atoms. The van der Waals surface area contributed by atoms with Crippen molar-refractivity contribution in [3.05, 3.63) is 42.3 Å². The zero-order chi connectivity index (χ0) is 26.5. The van der Waals surface area contributed by atoms with E-state index in [1.54, 1.807) is 53.7 Å². The van der Waals surface area contributed by atoms with E-state index >= 15 is 0 Å². The maximum absolute atomic E-state index is 12.9. The van der Waals surface area contributed by atoms with Gasteiger partial charge in [0.15, 0.2) is 5.05 Å². The number of aryl methyl sites for hydroxylation is 1. The molecule has 190 valence electrons. The third-order valence-electron chi connectivity index (χ3n) is 4.02. The van der Waals surface area contributed by atoms with Crippen LogP contribution in [-0.2, 0) is 29.0 Å². The summed E-state index contributed by atoms with van der Waals surface area (Å²) in [5.41, 5.74) is -0.659. The molecule has 0 aliphatic rings. The van der Waals surface area contributed by atoms with E-state index in [0.717, 1.165) is 9.87 Å². The van der Waals surface area contributed by atoms with Gasteiger partial charge in [-0.15, -0.1) is 0 Å². The molecule has 0 fully saturated rings. The summed E-state index contributed by atoms with van der Waals surface area (Å²) < 4.78 is 42.6. The van der Waals surface area contributed by atoms with Gasteiger partial charge in [-0.3, -0.25) is 4.79 Å². The van der Waals surface area contributed by atoms with E-state index in [9.17, 15) is 18.0 Å². The number of ether oxygens (including phenoxy) is 3. The minimum atomic E-state index is -3.97. The lowest BCUT2D eigenvalue weighted by Crippen LogP contribution is -2.46. The van der Waals surface area contributed by atoms with E-state index in [0.29, 0.717) is 0 Å². The predicted molar refractivity (Wildman–Crippen MR) is 133 cm³/mol. The quantitative estimate of drug-likeness (QED) is 0.314. The molecule has 0 aliphatic heterocycles. The molecular formula is C23H34N2O7S2. The molecule has 0 saturated carbocycles. The lowest BCUT2D eigenvalue weighted by atomic mass is 10.1. The van der Waals surface area contributed by atoms with Gasteiger partial charge in [0.1, 0.15) is 17.2 Å². The van der Waals surface area contributed by atoms with Gasteiger partial charge in [0.25, 0.3) is 10.0 Å². The van der Waals surface area contributed by atoms with Crippen LogP contribution in [0.15, 0.2) is 41.6 Å². The highest BCUT2D eigenvalue weighted by atomic mass is 32.2. The Labute approximate surface area is 207 Å². The van der Waals surface area contributed by atoms with E-state index < -0.39 is 39.3 Å². The molecule has 34 heavy (non-hydrogen) atoms. The second-order valence-electron chi connectivity index (χ2n) is 9.59. The summed E-state index contributed by atoms with van der Waals surface area (Å²) >= 11 is 5.26. The molecule has 0 saturated heterocycles. The minimum absolute atomic E-state index is 0.0356. The first-order chi connectivity index (χ1) is 15.3. The Morgan fingerprint density at radius 3 is 2.03 bits per heavy atom. The molecule has 1 unspecified atom stereocenters. The maximum atomic E-state index is 12.9. The summed E-state index contributed by atoms with van der Waals surface area (Å²) in [6, 6.07) is 5.10. The zero-order valence-corrected chi connectivity index (χ0v) is 22.6. The molecule has 0 bridgehead atoms. The summed E-state index contributed by atoms with van der Waals surface area (Å²) in [5.74, 6) is -0.962. The van der Waals surface area contributed by atoms with Gasteiger partial charge < -0.3 is 19.5 Å². The summed E-state index contributed by atoms with van der Waals surface area (Å²) in [6.07, 6.45) is -1.20. The molecule has 1 amide bonds. The number of nitrogens with zero attached hydrogens (tertiary/aromatic N) is 1. The minimum Gasteiger partial charge on any atom is -0.460 e. The smallest absolute Gasteiger partial charge is 0.408 e. The Kier molecular flexibility index (Phi) is 9.66. The number of hydrogen-bond donors (Lipinski definition) is 1. The Balaban J connectivity index is 3.04. The number of carbonyl (C=O) groups excluding carboxylic acids is 2. The lowest BCUT2D eigenvalue weighted by Gasteiger charge is -2.27. The van der Waals surface area contributed by atoms with E-state index in [1.807, 2.05) is 6.92 Å². The lowest BCUT2D eigenvalue weighted by molar-refractivity contribution is -0.155. The predicted octanol–water partition coefficient (Wildman–Crippen LogP) is 4.06. The molecule has 1 atom stereocenters. The van der Waals surface area contributed by atoms with Crippen molar-refractivity contribution in [2.24, 2.45) is 0 Å².